The zero-order valence-corrected chi connectivity index (χ0v) is 15.5. The molecule has 3 rings (SSSR count). The van der Waals surface area contributed by atoms with Crippen molar-refractivity contribution in [2.24, 2.45) is 0 Å². The lowest BCUT2D eigenvalue weighted by molar-refractivity contribution is -0.133. The van der Waals surface area contributed by atoms with Gasteiger partial charge in [0.1, 0.15) is 12.1 Å². The van der Waals surface area contributed by atoms with Crippen molar-refractivity contribution < 1.29 is 19.2 Å². The van der Waals surface area contributed by atoms with Crippen LogP contribution >= 0.6 is 0 Å². The van der Waals surface area contributed by atoms with Crippen LogP contribution in [0.5, 0.6) is 0 Å². The Kier molecular flexibility index (Phi) is 5.12. The highest BCUT2D eigenvalue weighted by Crippen LogP contribution is 2.28. The van der Waals surface area contributed by atoms with Gasteiger partial charge in [0.05, 0.1) is 0 Å². The first-order valence-electron chi connectivity index (χ1n) is 8.67. The first-order chi connectivity index (χ1) is 13.3. The molecule has 0 saturated carbocycles. The van der Waals surface area contributed by atoms with Gasteiger partial charge in [-0.2, -0.15) is 0 Å². The highest BCUT2D eigenvalue weighted by atomic mass is 16.2. The van der Waals surface area contributed by atoms with E-state index in [9.17, 15) is 19.2 Å². The van der Waals surface area contributed by atoms with Crippen LogP contribution in [0, 0.1) is 0 Å². The Balaban J connectivity index is 1.66. The SMILES string of the molecule is CC(=O)Nc1ccc(NC(=O)CN2C(=O)NC(C)(c3ccccc3)C2=O)cc1. The number of carbonyl (C=O) groups excluding carboxylic acids is 4. The first-order valence-corrected chi connectivity index (χ1v) is 8.67. The maximum Gasteiger partial charge on any atom is 0.325 e. The number of nitrogens with zero attached hydrogens (tertiary/aromatic N) is 1. The summed E-state index contributed by atoms with van der Waals surface area (Å²) in [6.45, 7) is 2.61. The van der Waals surface area contributed by atoms with E-state index < -0.39 is 29.9 Å². The zero-order valence-electron chi connectivity index (χ0n) is 15.5. The summed E-state index contributed by atoms with van der Waals surface area (Å²) in [6, 6.07) is 14.8. The molecule has 1 aliphatic rings. The molecule has 1 saturated heterocycles. The van der Waals surface area contributed by atoms with Crippen molar-refractivity contribution in [2.75, 3.05) is 17.2 Å². The molecule has 8 heteroatoms. The molecule has 5 amide bonds. The van der Waals surface area contributed by atoms with Crippen LogP contribution in [0.15, 0.2) is 54.6 Å². The van der Waals surface area contributed by atoms with Gasteiger partial charge >= 0.3 is 6.03 Å². The third kappa shape index (κ3) is 3.85. The van der Waals surface area contributed by atoms with Crippen LogP contribution in [-0.2, 0) is 19.9 Å². The second-order valence-corrected chi connectivity index (χ2v) is 6.62. The van der Waals surface area contributed by atoms with E-state index in [1.54, 1.807) is 55.5 Å². The standard InChI is InChI=1S/C20H20N4O4/c1-13(25)21-15-8-10-16(11-9-15)22-17(26)12-24-18(27)20(2,23-19(24)28)14-6-4-3-5-7-14/h3-11H,12H2,1-2H3,(H,21,25)(H,22,26)(H,23,28). The van der Waals surface area contributed by atoms with Crippen molar-refractivity contribution >= 4 is 35.1 Å². The molecule has 0 bridgehead atoms. The van der Waals surface area contributed by atoms with E-state index in [1.807, 2.05) is 6.07 Å². The maximum atomic E-state index is 12.8. The molecule has 0 aromatic heterocycles. The largest absolute Gasteiger partial charge is 0.326 e. The van der Waals surface area contributed by atoms with Gasteiger partial charge in [0.25, 0.3) is 5.91 Å². The fraction of sp³-hybridized carbons (Fsp3) is 0.200. The normalized spacial score (nSPS) is 18.6. The van der Waals surface area contributed by atoms with Gasteiger partial charge < -0.3 is 16.0 Å². The maximum absolute atomic E-state index is 12.8. The van der Waals surface area contributed by atoms with E-state index in [0.29, 0.717) is 16.9 Å². The molecule has 144 valence electrons. The minimum atomic E-state index is -1.21. The van der Waals surface area contributed by atoms with E-state index in [-0.39, 0.29) is 5.91 Å². The second kappa shape index (κ2) is 7.51. The van der Waals surface area contributed by atoms with Gasteiger partial charge in [-0.25, -0.2) is 4.79 Å². The molecular weight excluding hydrogens is 360 g/mol. The molecular formula is C20H20N4O4. The van der Waals surface area contributed by atoms with E-state index >= 15 is 0 Å². The van der Waals surface area contributed by atoms with Gasteiger partial charge in [0.15, 0.2) is 0 Å². The minimum Gasteiger partial charge on any atom is -0.326 e. The summed E-state index contributed by atoms with van der Waals surface area (Å²) in [7, 11) is 0. The summed E-state index contributed by atoms with van der Waals surface area (Å²) in [6.07, 6.45) is 0. The summed E-state index contributed by atoms with van der Waals surface area (Å²) < 4.78 is 0. The number of imide groups is 1. The number of benzene rings is 2. The summed E-state index contributed by atoms with van der Waals surface area (Å²) in [4.78, 5) is 49.3. The van der Waals surface area contributed by atoms with Crippen molar-refractivity contribution in [3.8, 4) is 0 Å². The number of rotatable bonds is 5. The van der Waals surface area contributed by atoms with Gasteiger partial charge in [0.2, 0.25) is 11.8 Å². The Morgan fingerprint density at radius 3 is 2.11 bits per heavy atom. The number of anilines is 2. The Hall–Kier alpha value is -3.68. The summed E-state index contributed by atoms with van der Waals surface area (Å²) >= 11 is 0. The number of carbonyl (C=O) groups is 4. The lowest BCUT2D eigenvalue weighted by atomic mass is 9.92. The predicted molar refractivity (Wildman–Crippen MR) is 103 cm³/mol. The number of nitrogens with one attached hydrogen (secondary N) is 3. The van der Waals surface area contributed by atoms with Crippen molar-refractivity contribution in [2.45, 2.75) is 19.4 Å². The first kappa shape index (κ1) is 19.1. The van der Waals surface area contributed by atoms with Gasteiger partial charge in [-0.15, -0.1) is 0 Å². The van der Waals surface area contributed by atoms with Crippen LogP contribution in [0.4, 0.5) is 16.2 Å². The quantitative estimate of drug-likeness (QED) is 0.690. The van der Waals surface area contributed by atoms with Crippen molar-refractivity contribution in [3.05, 3.63) is 60.2 Å². The second-order valence-electron chi connectivity index (χ2n) is 6.62. The van der Waals surface area contributed by atoms with Crippen LogP contribution in [0.1, 0.15) is 19.4 Å². The monoisotopic (exact) mass is 380 g/mol. The molecule has 2 aromatic carbocycles. The van der Waals surface area contributed by atoms with Crippen molar-refractivity contribution in [3.63, 3.8) is 0 Å². The molecule has 8 nitrogen and oxygen atoms in total. The molecule has 28 heavy (non-hydrogen) atoms. The van der Waals surface area contributed by atoms with E-state index in [0.717, 1.165) is 4.90 Å². The predicted octanol–water partition coefficient (Wildman–Crippen LogP) is 2.05. The zero-order chi connectivity index (χ0) is 20.3. The highest BCUT2D eigenvalue weighted by Gasteiger charge is 2.49. The third-order valence-corrected chi connectivity index (χ3v) is 4.42. The number of amides is 5. The topological polar surface area (TPSA) is 108 Å². The Morgan fingerprint density at radius 1 is 0.964 bits per heavy atom. The highest BCUT2D eigenvalue weighted by molar-refractivity contribution is 6.10. The molecule has 2 aromatic rings. The fourth-order valence-corrected chi connectivity index (χ4v) is 2.99. The molecule has 1 fully saturated rings. The molecule has 1 unspecified atom stereocenters. The number of hydrogen-bond donors (Lipinski definition) is 3. The summed E-state index contributed by atoms with van der Waals surface area (Å²) in [5, 5.41) is 7.91. The Labute approximate surface area is 161 Å². The van der Waals surface area contributed by atoms with Gasteiger partial charge in [-0.05, 0) is 36.8 Å². The van der Waals surface area contributed by atoms with E-state index in [4.69, 9.17) is 0 Å². The van der Waals surface area contributed by atoms with Crippen LogP contribution in [0.25, 0.3) is 0 Å². The Morgan fingerprint density at radius 2 is 1.54 bits per heavy atom. The fourth-order valence-electron chi connectivity index (χ4n) is 2.99. The van der Waals surface area contributed by atoms with E-state index in [2.05, 4.69) is 16.0 Å². The van der Waals surface area contributed by atoms with Gasteiger partial charge in [-0.3, -0.25) is 19.3 Å². The molecule has 0 spiro atoms. The molecule has 0 radical (unpaired) electrons. The minimum absolute atomic E-state index is 0.197. The van der Waals surface area contributed by atoms with Crippen LogP contribution in [0.2, 0.25) is 0 Å². The molecule has 1 aliphatic heterocycles. The smallest absolute Gasteiger partial charge is 0.325 e. The number of urea groups is 1. The molecule has 1 atom stereocenters. The van der Waals surface area contributed by atoms with Gasteiger partial charge in [0, 0.05) is 18.3 Å². The summed E-state index contributed by atoms with van der Waals surface area (Å²) in [5.41, 5.74) is 0.513. The molecule has 3 N–H and O–H groups in total. The van der Waals surface area contributed by atoms with Crippen LogP contribution in [-0.4, -0.2) is 35.2 Å². The molecule has 1 heterocycles. The average molecular weight is 380 g/mol. The lowest BCUT2D eigenvalue weighted by Gasteiger charge is -2.22. The Bertz CT molecular complexity index is 927. The number of hydrogen-bond acceptors (Lipinski definition) is 4. The van der Waals surface area contributed by atoms with E-state index in [1.165, 1.54) is 6.92 Å². The lowest BCUT2D eigenvalue weighted by Crippen LogP contribution is -2.42. The third-order valence-electron chi connectivity index (χ3n) is 4.42. The molecule has 0 aliphatic carbocycles. The summed E-state index contributed by atoms with van der Waals surface area (Å²) in [5.74, 6) is -1.19. The van der Waals surface area contributed by atoms with Crippen molar-refractivity contribution in [1.29, 1.82) is 0 Å². The van der Waals surface area contributed by atoms with Gasteiger partial charge in [-0.1, -0.05) is 30.3 Å². The van der Waals surface area contributed by atoms with Crippen LogP contribution in [0.3, 0.4) is 0 Å². The van der Waals surface area contributed by atoms with Crippen LogP contribution < -0.4 is 16.0 Å². The van der Waals surface area contributed by atoms with Crippen molar-refractivity contribution in [1.82, 2.24) is 10.2 Å². The average Bonchev–Trinajstić information content (AvgIpc) is 2.88.